The summed E-state index contributed by atoms with van der Waals surface area (Å²) >= 11 is 6.35. The maximum atomic E-state index is 12.7. The zero-order chi connectivity index (χ0) is 21.8. The van der Waals surface area contributed by atoms with Gasteiger partial charge in [-0.3, -0.25) is 9.69 Å². The van der Waals surface area contributed by atoms with Crippen molar-refractivity contribution in [3.05, 3.63) is 64.7 Å². The van der Waals surface area contributed by atoms with Crippen LogP contribution in [0.1, 0.15) is 36.9 Å². The third-order valence-electron chi connectivity index (χ3n) is 6.25. The van der Waals surface area contributed by atoms with E-state index in [1.165, 1.54) is 0 Å². The number of piperazine rings is 1. The number of likely N-dealkylation sites (tertiary alicyclic amines) is 1. The Labute approximate surface area is 188 Å². The Morgan fingerprint density at radius 3 is 2.39 bits per heavy atom. The lowest BCUT2D eigenvalue weighted by atomic mass is 10.1. The summed E-state index contributed by atoms with van der Waals surface area (Å²) < 4.78 is 0. The van der Waals surface area contributed by atoms with E-state index in [0.717, 1.165) is 47.9 Å². The van der Waals surface area contributed by atoms with Gasteiger partial charge in [0.1, 0.15) is 0 Å². The number of nitrogens with one attached hydrogen (secondary N) is 1. The molecule has 7 heteroatoms. The van der Waals surface area contributed by atoms with Crippen molar-refractivity contribution < 1.29 is 9.59 Å². The fraction of sp³-hybridized carbons (Fsp3) is 0.417. The molecule has 2 heterocycles. The van der Waals surface area contributed by atoms with E-state index in [0.29, 0.717) is 26.1 Å². The van der Waals surface area contributed by atoms with Gasteiger partial charge in [0.25, 0.3) is 0 Å². The van der Waals surface area contributed by atoms with Crippen LogP contribution >= 0.6 is 11.6 Å². The number of carbonyl (C=O) groups excluding carboxylic acids is 2. The van der Waals surface area contributed by atoms with Gasteiger partial charge < -0.3 is 15.1 Å². The predicted octanol–water partition coefficient (Wildman–Crippen LogP) is 4.37. The Morgan fingerprint density at radius 1 is 1.03 bits per heavy atom. The molecule has 2 aliphatic rings. The van der Waals surface area contributed by atoms with E-state index in [9.17, 15) is 9.59 Å². The molecule has 0 aliphatic carbocycles. The van der Waals surface area contributed by atoms with E-state index < -0.39 is 0 Å². The monoisotopic (exact) mass is 440 g/mol. The van der Waals surface area contributed by atoms with Gasteiger partial charge in [0.05, 0.1) is 0 Å². The molecule has 2 aromatic carbocycles. The molecule has 0 bridgehead atoms. The van der Waals surface area contributed by atoms with Gasteiger partial charge in [-0.1, -0.05) is 41.9 Å². The Kier molecular flexibility index (Phi) is 6.78. The molecular formula is C24H29ClN4O2. The third kappa shape index (κ3) is 5.20. The normalized spacial score (nSPS) is 18.3. The quantitative estimate of drug-likeness (QED) is 0.750. The number of nitrogens with zero attached hydrogens (tertiary/aromatic N) is 3. The zero-order valence-corrected chi connectivity index (χ0v) is 18.6. The molecule has 6 nitrogen and oxygen atoms in total. The molecule has 3 amide bonds. The van der Waals surface area contributed by atoms with Crippen LogP contribution in [-0.2, 0) is 11.3 Å². The standard InChI is InChI=1S/C24H29ClN4O2/c1-18(21-5-2-3-6-22(21)25)27-13-15-28(16-14-27)24(31)26-20-10-8-19(9-11-20)17-29-12-4-7-23(29)30/h2-3,5-6,8-11,18H,4,7,12-17H2,1H3,(H,26,31). The number of halogens is 1. The zero-order valence-electron chi connectivity index (χ0n) is 17.9. The molecular weight excluding hydrogens is 412 g/mol. The molecule has 2 aliphatic heterocycles. The van der Waals surface area contributed by atoms with Crippen molar-refractivity contribution in [2.24, 2.45) is 0 Å². The second kappa shape index (κ2) is 9.71. The lowest BCUT2D eigenvalue weighted by Crippen LogP contribution is -2.50. The summed E-state index contributed by atoms with van der Waals surface area (Å²) in [5, 5.41) is 3.78. The van der Waals surface area contributed by atoms with Crippen molar-refractivity contribution in [2.45, 2.75) is 32.4 Å². The smallest absolute Gasteiger partial charge is 0.321 e. The Hall–Kier alpha value is -2.57. The average Bonchev–Trinajstić information content (AvgIpc) is 3.19. The van der Waals surface area contributed by atoms with Crippen LogP contribution in [0.4, 0.5) is 10.5 Å². The lowest BCUT2D eigenvalue weighted by molar-refractivity contribution is -0.128. The van der Waals surface area contributed by atoms with Crippen LogP contribution in [0.2, 0.25) is 5.02 Å². The van der Waals surface area contributed by atoms with Crippen LogP contribution in [0, 0.1) is 0 Å². The minimum atomic E-state index is -0.0764. The number of rotatable bonds is 5. The highest BCUT2D eigenvalue weighted by Gasteiger charge is 2.26. The van der Waals surface area contributed by atoms with Gasteiger partial charge in [-0.25, -0.2) is 4.79 Å². The maximum Gasteiger partial charge on any atom is 0.321 e. The average molecular weight is 441 g/mol. The maximum absolute atomic E-state index is 12.7. The molecule has 2 aromatic rings. The molecule has 2 saturated heterocycles. The molecule has 1 unspecified atom stereocenters. The Morgan fingerprint density at radius 2 is 1.74 bits per heavy atom. The first-order chi connectivity index (χ1) is 15.0. The van der Waals surface area contributed by atoms with E-state index >= 15 is 0 Å². The number of benzene rings is 2. The molecule has 31 heavy (non-hydrogen) atoms. The Bertz CT molecular complexity index is 925. The number of carbonyl (C=O) groups is 2. The van der Waals surface area contributed by atoms with E-state index in [2.05, 4.69) is 23.2 Å². The van der Waals surface area contributed by atoms with Gasteiger partial charge in [-0.05, 0) is 42.7 Å². The number of hydrogen-bond acceptors (Lipinski definition) is 3. The van der Waals surface area contributed by atoms with Crippen molar-refractivity contribution in [2.75, 3.05) is 38.0 Å². The second-order valence-electron chi connectivity index (χ2n) is 8.27. The molecule has 0 saturated carbocycles. The van der Waals surface area contributed by atoms with Crippen LogP contribution in [0.25, 0.3) is 0 Å². The van der Waals surface area contributed by atoms with Gasteiger partial charge in [0, 0.05) is 62.4 Å². The van der Waals surface area contributed by atoms with E-state index in [4.69, 9.17) is 11.6 Å². The summed E-state index contributed by atoms with van der Waals surface area (Å²) in [6, 6.07) is 15.8. The predicted molar refractivity (Wildman–Crippen MR) is 123 cm³/mol. The number of hydrogen-bond donors (Lipinski definition) is 1. The van der Waals surface area contributed by atoms with Gasteiger partial charge in [0.15, 0.2) is 0 Å². The van der Waals surface area contributed by atoms with E-state index in [-0.39, 0.29) is 18.0 Å². The van der Waals surface area contributed by atoms with Crippen molar-refractivity contribution >= 4 is 29.2 Å². The van der Waals surface area contributed by atoms with Crippen LogP contribution in [0.15, 0.2) is 48.5 Å². The van der Waals surface area contributed by atoms with Crippen molar-refractivity contribution in [3.63, 3.8) is 0 Å². The van der Waals surface area contributed by atoms with Crippen molar-refractivity contribution in [1.82, 2.24) is 14.7 Å². The molecule has 1 N–H and O–H groups in total. The summed E-state index contributed by atoms with van der Waals surface area (Å²) in [6.07, 6.45) is 1.59. The molecule has 0 radical (unpaired) electrons. The van der Waals surface area contributed by atoms with Crippen molar-refractivity contribution in [3.8, 4) is 0 Å². The molecule has 2 fully saturated rings. The number of amides is 3. The topological polar surface area (TPSA) is 55.9 Å². The second-order valence-corrected chi connectivity index (χ2v) is 8.67. The molecule has 4 rings (SSSR count). The van der Waals surface area contributed by atoms with Crippen molar-refractivity contribution in [1.29, 1.82) is 0 Å². The third-order valence-corrected chi connectivity index (χ3v) is 6.60. The van der Waals surface area contributed by atoms with Crippen LogP contribution in [0.5, 0.6) is 0 Å². The van der Waals surface area contributed by atoms with E-state index in [1.54, 1.807) is 0 Å². The fourth-order valence-corrected chi connectivity index (χ4v) is 4.60. The minimum Gasteiger partial charge on any atom is -0.338 e. The van der Waals surface area contributed by atoms with Crippen LogP contribution < -0.4 is 5.32 Å². The molecule has 1 atom stereocenters. The van der Waals surface area contributed by atoms with Crippen LogP contribution in [0.3, 0.4) is 0 Å². The summed E-state index contributed by atoms with van der Waals surface area (Å²) in [6.45, 7) is 6.60. The lowest BCUT2D eigenvalue weighted by Gasteiger charge is -2.38. The summed E-state index contributed by atoms with van der Waals surface area (Å²) in [4.78, 5) is 30.6. The SMILES string of the molecule is CC(c1ccccc1Cl)N1CCN(C(=O)Nc2ccc(CN3CCCC3=O)cc2)CC1. The minimum absolute atomic E-state index is 0.0764. The molecule has 0 spiro atoms. The van der Waals surface area contributed by atoms with Gasteiger partial charge in [-0.15, -0.1) is 0 Å². The highest BCUT2D eigenvalue weighted by atomic mass is 35.5. The summed E-state index contributed by atoms with van der Waals surface area (Å²) in [7, 11) is 0. The highest BCUT2D eigenvalue weighted by molar-refractivity contribution is 6.31. The Balaban J connectivity index is 1.27. The van der Waals surface area contributed by atoms with E-state index in [1.807, 2.05) is 52.3 Å². The van der Waals surface area contributed by atoms with Gasteiger partial charge in [-0.2, -0.15) is 0 Å². The van der Waals surface area contributed by atoms with Gasteiger partial charge >= 0.3 is 6.03 Å². The summed E-state index contributed by atoms with van der Waals surface area (Å²) in [5.41, 5.74) is 2.97. The fourth-order valence-electron chi connectivity index (χ4n) is 4.31. The highest BCUT2D eigenvalue weighted by Crippen LogP contribution is 2.28. The largest absolute Gasteiger partial charge is 0.338 e. The molecule has 0 aromatic heterocycles. The number of urea groups is 1. The molecule has 164 valence electrons. The van der Waals surface area contributed by atoms with Crippen LogP contribution in [-0.4, -0.2) is 59.4 Å². The first-order valence-electron chi connectivity index (χ1n) is 10.9. The number of anilines is 1. The first kappa shape index (κ1) is 21.7. The van der Waals surface area contributed by atoms with Gasteiger partial charge in [0.2, 0.25) is 5.91 Å². The summed E-state index contributed by atoms with van der Waals surface area (Å²) in [5.74, 6) is 0.223. The first-order valence-corrected chi connectivity index (χ1v) is 11.3.